The molecule has 188 valence electrons. The minimum atomic E-state index is -0.510. The molecule has 9 nitrogen and oxygen atoms in total. The van der Waals surface area contributed by atoms with Crippen molar-refractivity contribution >= 4 is 12.0 Å². The maximum Gasteiger partial charge on any atom is 0.410 e. The summed E-state index contributed by atoms with van der Waals surface area (Å²) in [5.41, 5.74) is 2.60. The van der Waals surface area contributed by atoms with Gasteiger partial charge in [0, 0.05) is 48.8 Å². The van der Waals surface area contributed by atoms with Gasteiger partial charge in [-0.2, -0.15) is 0 Å². The van der Waals surface area contributed by atoms with E-state index in [4.69, 9.17) is 4.74 Å². The molecule has 0 bridgehead atoms. The highest BCUT2D eigenvalue weighted by atomic mass is 16.6. The van der Waals surface area contributed by atoms with Crippen LogP contribution in [0.4, 0.5) is 4.79 Å². The lowest BCUT2D eigenvalue weighted by Gasteiger charge is -2.39. The highest BCUT2D eigenvalue weighted by molar-refractivity contribution is 5.95. The van der Waals surface area contributed by atoms with Crippen molar-refractivity contribution in [3.63, 3.8) is 0 Å². The minimum Gasteiger partial charge on any atom is -0.444 e. The van der Waals surface area contributed by atoms with E-state index in [0.29, 0.717) is 24.7 Å². The Bertz CT molecular complexity index is 1210. The Morgan fingerprint density at radius 1 is 0.944 bits per heavy atom. The Morgan fingerprint density at radius 2 is 1.64 bits per heavy atom. The molecule has 0 atom stereocenters. The normalized spacial score (nSPS) is 16.6. The van der Waals surface area contributed by atoms with Crippen molar-refractivity contribution in [2.24, 2.45) is 0 Å². The Morgan fingerprint density at radius 3 is 2.25 bits per heavy atom. The van der Waals surface area contributed by atoms with Crippen LogP contribution >= 0.6 is 0 Å². The zero-order chi connectivity index (χ0) is 25.3. The number of nitrogens with zero attached hydrogens (tertiary/aromatic N) is 6. The first-order valence-corrected chi connectivity index (χ1v) is 12.5. The first kappa shape index (κ1) is 24.0. The van der Waals surface area contributed by atoms with Crippen molar-refractivity contribution < 1.29 is 14.3 Å². The highest BCUT2D eigenvalue weighted by Crippen LogP contribution is 2.33. The number of ether oxygens (including phenoxy) is 1. The second kappa shape index (κ2) is 9.72. The van der Waals surface area contributed by atoms with Crippen LogP contribution in [-0.4, -0.2) is 72.1 Å². The number of aromatic nitrogens is 4. The topological polar surface area (TPSA) is 93.5 Å². The van der Waals surface area contributed by atoms with Crippen molar-refractivity contribution in [2.45, 2.75) is 64.1 Å². The van der Waals surface area contributed by atoms with Gasteiger partial charge in [0.25, 0.3) is 5.91 Å². The van der Waals surface area contributed by atoms with E-state index in [2.05, 4.69) is 19.9 Å². The highest BCUT2D eigenvalue weighted by Gasteiger charge is 2.39. The number of piperidine rings is 1. The summed E-state index contributed by atoms with van der Waals surface area (Å²) in [5.74, 6) is 0.0621. The summed E-state index contributed by atoms with van der Waals surface area (Å²) in [5, 5.41) is 0. The third-order valence-corrected chi connectivity index (χ3v) is 6.52. The van der Waals surface area contributed by atoms with Gasteiger partial charge >= 0.3 is 6.09 Å². The number of hydrogen-bond donors (Lipinski definition) is 0. The maximum absolute atomic E-state index is 13.6. The summed E-state index contributed by atoms with van der Waals surface area (Å²) in [6.45, 7) is 6.83. The SMILES string of the molecule is CC(C)(C)OC(=O)N1CCC(N(C(=O)c2ccc(-n3cnc(-c4ccncn4)c3)cc2)C2CC2)CC1. The molecule has 3 heterocycles. The molecule has 9 heteroatoms. The Labute approximate surface area is 211 Å². The van der Waals surface area contributed by atoms with E-state index < -0.39 is 5.60 Å². The molecule has 3 aromatic rings. The Hall–Kier alpha value is -3.75. The number of rotatable bonds is 5. The van der Waals surface area contributed by atoms with Crippen molar-refractivity contribution in [2.75, 3.05) is 13.1 Å². The van der Waals surface area contributed by atoms with Gasteiger partial charge in [-0.1, -0.05) is 0 Å². The molecule has 2 amide bonds. The van der Waals surface area contributed by atoms with E-state index in [1.165, 1.54) is 6.33 Å². The number of amides is 2. The van der Waals surface area contributed by atoms with Crippen LogP contribution in [-0.2, 0) is 4.74 Å². The lowest BCUT2D eigenvalue weighted by molar-refractivity contribution is 0.0142. The fourth-order valence-corrected chi connectivity index (χ4v) is 4.60. The standard InChI is InChI=1S/C27H32N6O3/c1-27(2,3)36-26(35)31-14-11-22(12-15-31)33(21-8-9-21)25(34)19-4-6-20(7-5-19)32-16-24(30-18-32)23-10-13-28-17-29-23/h4-7,10,13,16-18,21-22H,8-9,11-12,14-15H2,1-3H3. The van der Waals surface area contributed by atoms with Crippen molar-refractivity contribution in [3.8, 4) is 17.1 Å². The lowest BCUT2D eigenvalue weighted by atomic mass is 10.0. The van der Waals surface area contributed by atoms with Gasteiger partial charge in [0.05, 0.1) is 12.0 Å². The molecule has 2 aliphatic rings. The first-order valence-electron chi connectivity index (χ1n) is 12.5. The van der Waals surface area contributed by atoms with Gasteiger partial charge in [0.1, 0.15) is 17.6 Å². The molecule has 1 saturated heterocycles. The van der Waals surface area contributed by atoms with Crippen LogP contribution in [0.2, 0.25) is 0 Å². The van der Waals surface area contributed by atoms with Gasteiger partial charge in [-0.25, -0.2) is 19.7 Å². The second-order valence-corrected chi connectivity index (χ2v) is 10.4. The molecule has 2 fully saturated rings. The van der Waals surface area contributed by atoms with Crippen LogP contribution in [0.3, 0.4) is 0 Å². The second-order valence-electron chi connectivity index (χ2n) is 10.4. The summed E-state index contributed by atoms with van der Waals surface area (Å²) in [4.78, 5) is 42.4. The van der Waals surface area contributed by atoms with E-state index in [-0.39, 0.29) is 18.0 Å². The molecule has 0 N–H and O–H groups in total. The first-order chi connectivity index (χ1) is 17.3. The molecule has 0 spiro atoms. The van der Waals surface area contributed by atoms with Gasteiger partial charge in [-0.05, 0) is 76.8 Å². The summed E-state index contributed by atoms with van der Waals surface area (Å²) in [7, 11) is 0. The molecular formula is C27H32N6O3. The van der Waals surface area contributed by atoms with Crippen LogP contribution in [0.25, 0.3) is 17.1 Å². The zero-order valence-corrected chi connectivity index (χ0v) is 21.0. The van der Waals surface area contributed by atoms with E-state index >= 15 is 0 Å². The minimum absolute atomic E-state index is 0.0621. The molecule has 36 heavy (non-hydrogen) atoms. The van der Waals surface area contributed by atoms with Crippen LogP contribution in [0.5, 0.6) is 0 Å². The molecule has 0 unspecified atom stereocenters. The number of hydrogen-bond acceptors (Lipinski definition) is 6. The lowest BCUT2D eigenvalue weighted by Crippen LogP contribution is -2.50. The van der Waals surface area contributed by atoms with Crippen molar-refractivity contribution in [1.82, 2.24) is 29.3 Å². The summed E-state index contributed by atoms with van der Waals surface area (Å²) in [6, 6.07) is 9.88. The van der Waals surface area contributed by atoms with Crippen LogP contribution in [0.15, 0.2) is 55.4 Å². The number of carbonyl (C=O) groups is 2. The average molecular weight is 489 g/mol. The molecule has 1 aliphatic heterocycles. The number of likely N-dealkylation sites (tertiary alicyclic amines) is 1. The third-order valence-electron chi connectivity index (χ3n) is 6.52. The van der Waals surface area contributed by atoms with E-state index in [1.807, 2.05) is 61.9 Å². The molecule has 5 rings (SSSR count). The maximum atomic E-state index is 13.6. The number of benzene rings is 1. The molecule has 0 radical (unpaired) electrons. The van der Waals surface area contributed by atoms with Gasteiger partial charge in [-0.3, -0.25) is 4.79 Å². The average Bonchev–Trinajstić information content (AvgIpc) is 3.58. The van der Waals surface area contributed by atoms with Gasteiger partial charge in [0.15, 0.2) is 0 Å². The van der Waals surface area contributed by atoms with Crippen LogP contribution in [0, 0.1) is 0 Å². The largest absolute Gasteiger partial charge is 0.444 e. The van der Waals surface area contributed by atoms with Crippen molar-refractivity contribution in [3.05, 3.63) is 60.9 Å². The van der Waals surface area contributed by atoms with Gasteiger partial charge in [-0.15, -0.1) is 0 Å². The molecule has 1 aliphatic carbocycles. The number of imidazole rings is 1. The molecular weight excluding hydrogens is 456 g/mol. The monoisotopic (exact) mass is 488 g/mol. The third kappa shape index (κ3) is 5.40. The molecule has 2 aromatic heterocycles. The van der Waals surface area contributed by atoms with E-state index in [9.17, 15) is 9.59 Å². The molecule has 1 aromatic carbocycles. The van der Waals surface area contributed by atoms with Crippen molar-refractivity contribution in [1.29, 1.82) is 0 Å². The molecule has 1 saturated carbocycles. The Kier molecular flexibility index (Phi) is 6.47. The summed E-state index contributed by atoms with van der Waals surface area (Å²) < 4.78 is 7.43. The fourth-order valence-electron chi connectivity index (χ4n) is 4.60. The van der Waals surface area contributed by atoms with Gasteiger partial charge in [0.2, 0.25) is 0 Å². The predicted octanol–water partition coefficient (Wildman–Crippen LogP) is 4.33. The van der Waals surface area contributed by atoms with Gasteiger partial charge < -0.3 is 19.1 Å². The number of carbonyl (C=O) groups excluding carboxylic acids is 2. The van der Waals surface area contributed by atoms with E-state index in [1.54, 1.807) is 17.4 Å². The zero-order valence-electron chi connectivity index (χ0n) is 21.0. The Balaban J connectivity index is 1.25. The predicted molar refractivity (Wildman–Crippen MR) is 135 cm³/mol. The smallest absolute Gasteiger partial charge is 0.410 e. The van der Waals surface area contributed by atoms with Crippen LogP contribution < -0.4 is 0 Å². The van der Waals surface area contributed by atoms with E-state index in [0.717, 1.165) is 42.8 Å². The van der Waals surface area contributed by atoms with Crippen LogP contribution in [0.1, 0.15) is 56.8 Å². The summed E-state index contributed by atoms with van der Waals surface area (Å²) >= 11 is 0. The quantitative estimate of drug-likeness (QED) is 0.531. The summed E-state index contributed by atoms with van der Waals surface area (Å²) in [6.07, 6.45) is 10.2. The fraction of sp³-hybridized carbons (Fsp3) is 0.444.